The molecule has 0 saturated carbocycles. The molecule has 0 aliphatic rings. The number of halogens is 2. The second-order valence-electron chi connectivity index (χ2n) is 4.70. The van der Waals surface area contributed by atoms with E-state index >= 15 is 0 Å². The second-order valence-corrected chi connectivity index (χ2v) is 5.54. The highest BCUT2D eigenvalue weighted by molar-refractivity contribution is 6.33. The molecule has 0 fully saturated rings. The first-order chi connectivity index (χ1) is 9.54. The molecule has 0 amide bonds. The van der Waals surface area contributed by atoms with Crippen molar-refractivity contribution in [2.24, 2.45) is 0 Å². The van der Waals surface area contributed by atoms with Crippen molar-refractivity contribution in [1.29, 1.82) is 0 Å². The molecule has 0 bridgehead atoms. The van der Waals surface area contributed by atoms with E-state index in [0.717, 1.165) is 11.1 Å². The van der Waals surface area contributed by atoms with Gasteiger partial charge in [-0.15, -0.1) is 0 Å². The monoisotopic (exact) mass is 307 g/mol. The minimum absolute atomic E-state index is 0.136. The van der Waals surface area contributed by atoms with E-state index in [0.29, 0.717) is 35.0 Å². The zero-order chi connectivity index (χ0) is 14.5. The van der Waals surface area contributed by atoms with Gasteiger partial charge in [0.25, 0.3) is 0 Å². The van der Waals surface area contributed by atoms with Gasteiger partial charge >= 0.3 is 0 Å². The molecule has 2 nitrogen and oxygen atoms in total. The van der Waals surface area contributed by atoms with E-state index in [4.69, 9.17) is 28.9 Å². The van der Waals surface area contributed by atoms with Crippen LogP contribution < -0.4 is 5.73 Å². The van der Waals surface area contributed by atoms with Gasteiger partial charge in [-0.3, -0.25) is 4.79 Å². The Kier molecular flexibility index (Phi) is 5.05. The van der Waals surface area contributed by atoms with Crippen LogP contribution >= 0.6 is 23.2 Å². The summed E-state index contributed by atoms with van der Waals surface area (Å²) in [7, 11) is 0. The summed E-state index contributed by atoms with van der Waals surface area (Å²) < 4.78 is 0. The maximum Gasteiger partial charge on any atom is 0.137 e. The topological polar surface area (TPSA) is 43.1 Å². The van der Waals surface area contributed by atoms with Crippen molar-refractivity contribution < 1.29 is 4.79 Å². The van der Waals surface area contributed by atoms with Gasteiger partial charge < -0.3 is 5.73 Å². The van der Waals surface area contributed by atoms with Crippen LogP contribution in [0.2, 0.25) is 10.0 Å². The van der Waals surface area contributed by atoms with Gasteiger partial charge in [0.05, 0.1) is 0 Å². The molecule has 2 rings (SSSR count). The van der Waals surface area contributed by atoms with Crippen LogP contribution in [0, 0.1) is 0 Å². The average molecular weight is 308 g/mol. The molecule has 0 unspecified atom stereocenters. The zero-order valence-corrected chi connectivity index (χ0v) is 12.4. The number of Topliss-reactive ketones (excluding diaryl/α,β-unsaturated/α-hetero) is 1. The Labute approximate surface area is 128 Å². The molecule has 0 spiro atoms. The van der Waals surface area contributed by atoms with Crippen LogP contribution in [-0.2, 0) is 17.6 Å². The van der Waals surface area contributed by atoms with Crippen molar-refractivity contribution in [3.63, 3.8) is 0 Å². The normalized spacial score (nSPS) is 10.5. The van der Waals surface area contributed by atoms with E-state index in [-0.39, 0.29) is 5.78 Å². The van der Waals surface area contributed by atoms with Gasteiger partial charge in [-0.2, -0.15) is 0 Å². The van der Waals surface area contributed by atoms with E-state index in [1.54, 1.807) is 18.2 Å². The molecule has 2 N–H and O–H groups in total. The van der Waals surface area contributed by atoms with Gasteiger partial charge in [0.1, 0.15) is 5.78 Å². The summed E-state index contributed by atoms with van der Waals surface area (Å²) in [5.41, 5.74) is 8.26. The van der Waals surface area contributed by atoms with Gasteiger partial charge in [0.2, 0.25) is 0 Å². The lowest BCUT2D eigenvalue weighted by Crippen LogP contribution is -2.05. The zero-order valence-electron chi connectivity index (χ0n) is 10.9. The molecular weight excluding hydrogens is 293 g/mol. The van der Waals surface area contributed by atoms with E-state index in [1.807, 2.05) is 24.3 Å². The van der Waals surface area contributed by atoms with E-state index in [9.17, 15) is 4.79 Å². The molecule has 2 aromatic carbocycles. The third-order valence-electron chi connectivity index (χ3n) is 3.04. The van der Waals surface area contributed by atoms with Gasteiger partial charge in [0, 0.05) is 28.6 Å². The maximum absolute atomic E-state index is 12.0. The summed E-state index contributed by atoms with van der Waals surface area (Å²) in [6.07, 6.45) is 1.45. The fourth-order valence-corrected chi connectivity index (χ4v) is 2.39. The van der Waals surface area contributed by atoms with E-state index in [1.165, 1.54) is 0 Å². The third kappa shape index (κ3) is 4.26. The second kappa shape index (κ2) is 6.78. The minimum atomic E-state index is 0.136. The Morgan fingerprint density at radius 2 is 1.90 bits per heavy atom. The van der Waals surface area contributed by atoms with Crippen molar-refractivity contribution in [3.8, 4) is 0 Å². The number of carbonyl (C=O) groups is 1. The number of ketones is 1. The van der Waals surface area contributed by atoms with Crippen molar-refractivity contribution in [2.75, 3.05) is 5.73 Å². The first-order valence-electron chi connectivity index (χ1n) is 6.34. The highest BCUT2D eigenvalue weighted by Crippen LogP contribution is 2.21. The lowest BCUT2D eigenvalue weighted by molar-refractivity contribution is -0.118. The number of aryl methyl sites for hydroxylation is 1. The molecule has 0 aliphatic carbocycles. The number of nitrogens with two attached hydrogens (primary N) is 1. The highest BCUT2D eigenvalue weighted by Gasteiger charge is 2.08. The summed E-state index contributed by atoms with van der Waals surface area (Å²) in [4.78, 5) is 12.0. The fraction of sp³-hybridized carbons (Fsp3) is 0.188. The third-order valence-corrected chi connectivity index (χ3v) is 3.64. The predicted octanol–water partition coefficient (Wildman–Crippen LogP) is 4.32. The predicted molar refractivity (Wildman–Crippen MR) is 84.3 cm³/mol. The molecule has 2 aromatic rings. The van der Waals surface area contributed by atoms with E-state index in [2.05, 4.69) is 0 Å². The number of carbonyl (C=O) groups excluding carboxylic acids is 1. The van der Waals surface area contributed by atoms with Gasteiger partial charge in [-0.05, 0) is 47.9 Å². The number of anilines is 1. The Bertz CT molecular complexity index is 626. The van der Waals surface area contributed by atoms with Crippen LogP contribution in [0.4, 0.5) is 5.69 Å². The lowest BCUT2D eigenvalue weighted by Gasteiger charge is -2.05. The maximum atomic E-state index is 12.0. The van der Waals surface area contributed by atoms with Gasteiger partial charge in [0.15, 0.2) is 0 Å². The summed E-state index contributed by atoms with van der Waals surface area (Å²) in [5, 5.41) is 1.17. The van der Waals surface area contributed by atoms with E-state index < -0.39 is 0 Å². The molecule has 0 saturated heterocycles. The van der Waals surface area contributed by atoms with Gasteiger partial charge in [-0.1, -0.05) is 35.3 Å². The minimum Gasteiger partial charge on any atom is -0.399 e. The number of hydrogen-bond donors (Lipinski definition) is 1. The number of benzene rings is 2. The molecule has 20 heavy (non-hydrogen) atoms. The first kappa shape index (κ1) is 14.9. The van der Waals surface area contributed by atoms with Crippen molar-refractivity contribution in [3.05, 3.63) is 63.6 Å². The molecule has 104 valence electrons. The number of hydrogen-bond acceptors (Lipinski definition) is 2. The van der Waals surface area contributed by atoms with Crippen LogP contribution in [0.5, 0.6) is 0 Å². The molecular formula is C16H15Cl2NO. The Hall–Kier alpha value is -1.51. The largest absolute Gasteiger partial charge is 0.399 e. The average Bonchev–Trinajstić information content (AvgIpc) is 2.41. The Balaban J connectivity index is 1.94. The van der Waals surface area contributed by atoms with Crippen LogP contribution in [-0.4, -0.2) is 5.78 Å². The molecule has 0 heterocycles. The molecule has 0 atom stereocenters. The van der Waals surface area contributed by atoms with Crippen LogP contribution in [0.1, 0.15) is 17.5 Å². The fourth-order valence-electron chi connectivity index (χ4n) is 2.01. The number of rotatable bonds is 5. The van der Waals surface area contributed by atoms with Crippen molar-refractivity contribution in [2.45, 2.75) is 19.3 Å². The molecule has 0 radical (unpaired) electrons. The van der Waals surface area contributed by atoms with Crippen molar-refractivity contribution in [1.82, 2.24) is 0 Å². The lowest BCUT2D eigenvalue weighted by atomic mass is 10.0. The molecule has 4 heteroatoms. The first-order valence-corrected chi connectivity index (χ1v) is 7.10. The Morgan fingerprint density at radius 3 is 2.65 bits per heavy atom. The van der Waals surface area contributed by atoms with Crippen LogP contribution in [0.3, 0.4) is 0 Å². The highest BCUT2D eigenvalue weighted by atomic mass is 35.5. The van der Waals surface area contributed by atoms with Crippen LogP contribution in [0.15, 0.2) is 42.5 Å². The Morgan fingerprint density at radius 1 is 1.10 bits per heavy atom. The molecule has 0 aromatic heterocycles. The molecule has 0 aliphatic heterocycles. The summed E-state index contributed by atoms with van der Waals surface area (Å²) >= 11 is 12.0. The smallest absolute Gasteiger partial charge is 0.137 e. The summed E-state index contributed by atoms with van der Waals surface area (Å²) in [6, 6.07) is 12.7. The SMILES string of the molecule is Nc1cccc(CCC(=O)Cc2cc(Cl)ccc2Cl)c1. The number of nitrogen functional groups attached to an aromatic ring is 1. The van der Waals surface area contributed by atoms with Crippen molar-refractivity contribution >= 4 is 34.7 Å². The standard InChI is InChI=1S/C16H15Cl2NO/c17-13-5-7-16(18)12(9-13)10-15(20)6-4-11-2-1-3-14(19)8-11/h1-3,5,7-9H,4,6,10,19H2. The van der Waals surface area contributed by atoms with Gasteiger partial charge in [-0.25, -0.2) is 0 Å². The summed E-state index contributed by atoms with van der Waals surface area (Å²) in [5.74, 6) is 0.136. The quantitative estimate of drug-likeness (QED) is 0.836. The summed E-state index contributed by atoms with van der Waals surface area (Å²) in [6.45, 7) is 0. The van der Waals surface area contributed by atoms with Crippen LogP contribution in [0.25, 0.3) is 0 Å².